The van der Waals surface area contributed by atoms with Gasteiger partial charge in [0.2, 0.25) is 5.12 Å². The maximum Gasteiger partial charge on any atom is 0.219 e. The van der Waals surface area contributed by atoms with Gasteiger partial charge < -0.3 is 4.74 Å². The highest BCUT2D eigenvalue weighted by Gasteiger charge is 2.06. The molecule has 0 saturated heterocycles. The minimum Gasteiger partial charge on any atom is -0.494 e. The van der Waals surface area contributed by atoms with E-state index in [1.165, 1.54) is 28.0 Å². The van der Waals surface area contributed by atoms with E-state index >= 15 is 0 Å². The molecule has 0 fully saturated rings. The normalized spacial score (nSPS) is 10.3. The number of rotatable bonds is 6. The minimum absolute atomic E-state index is 0.150. The van der Waals surface area contributed by atoms with Crippen molar-refractivity contribution in [2.24, 2.45) is 0 Å². The Labute approximate surface area is 104 Å². The van der Waals surface area contributed by atoms with Crippen molar-refractivity contribution < 1.29 is 9.53 Å². The summed E-state index contributed by atoms with van der Waals surface area (Å²) >= 11 is 1.41. The van der Waals surface area contributed by atoms with Crippen LogP contribution in [0.2, 0.25) is 6.04 Å². The lowest BCUT2D eigenvalue weighted by Gasteiger charge is -2.05. The van der Waals surface area contributed by atoms with Crippen LogP contribution < -0.4 is 4.74 Å². The molecule has 0 amide bonds. The summed E-state index contributed by atoms with van der Waals surface area (Å²) in [5.74, 6) is 1.71. The molecule has 0 saturated carbocycles. The van der Waals surface area contributed by atoms with Gasteiger partial charge >= 0.3 is 0 Å². The maximum atomic E-state index is 11.8. The van der Waals surface area contributed by atoms with Crippen LogP contribution in [0.15, 0.2) is 24.3 Å². The summed E-state index contributed by atoms with van der Waals surface area (Å²) in [6.45, 7) is 2.57. The van der Waals surface area contributed by atoms with E-state index in [1.807, 2.05) is 31.2 Å². The first-order valence-corrected chi connectivity index (χ1v) is 8.08. The molecule has 1 rings (SSSR count). The van der Waals surface area contributed by atoms with Crippen LogP contribution in [0.3, 0.4) is 0 Å². The van der Waals surface area contributed by atoms with Crippen molar-refractivity contribution in [2.45, 2.75) is 19.4 Å². The Bertz CT molecular complexity index is 342. The Morgan fingerprint density at radius 1 is 1.50 bits per heavy atom. The summed E-state index contributed by atoms with van der Waals surface area (Å²) in [4.78, 5) is 11.8. The van der Waals surface area contributed by atoms with Crippen LogP contribution in [0, 0.1) is 0 Å². The Balaban J connectivity index is 2.57. The molecule has 0 bridgehead atoms. The second kappa shape index (κ2) is 7.52. The molecule has 0 aliphatic carbocycles. The molecule has 0 spiro atoms. The fourth-order valence-electron chi connectivity index (χ4n) is 1.27. The van der Waals surface area contributed by atoms with E-state index in [2.05, 4.69) is 0 Å². The molecule has 0 aliphatic heterocycles. The third-order valence-electron chi connectivity index (χ3n) is 2.11. The third-order valence-corrected chi connectivity index (χ3v) is 3.81. The van der Waals surface area contributed by atoms with Gasteiger partial charge in [-0.15, -0.1) is 0 Å². The second-order valence-electron chi connectivity index (χ2n) is 3.45. The van der Waals surface area contributed by atoms with E-state index in [4.69, 9.17) is 4.74 Å². The smallest absolute Gasteiger partial charge is 0.219 e. The van der Waals surface area contributed by atoms with E-state index in [9.17, 15) is 4.79 Å². The van der Waals surface area contributed by atoms with Crippen molar-refractivity contribution in [1.82, 2.24) is 0 Å². The average Bonchev–Trinajstić information content (AvgIpc) is 2.30. The molecule has 0 unspecified atom stereocenters. The highest BCUT2D eigenvalue weighted by Crippen LogP contribution is 2.19. The molecule has 4 heteroatoms. The molecule has 2 nitrogen and oxygen atoms in total. The van der Waals surface area contributed by atoms with Crippen LogP contribution in [-0.2, 0) is 0 Å². The van der Waals surface area contributed by atoms with Crippen molar-refractivity contribution in [1.29, 1.82) is 0 Å². The van der Waals surface area contributed by atoms with E-state index in [1.54, 1.807) is 0 Å². The fourth-order valence-corrected chi connectivity index (χ4v) is 3.05. The van der Waals surface area contributed by atoms with E-state index in [0.717, 1.165) is 23.5 Å². The first kappa shape index (κ1) is 13.3. The zero-order valence-electron chi connectivity index (χ0n) is 9.86. The number of ether oxygens (including phenoxy) is 1. The first-order chi connectivity index (χ1) is 7.77. The van der Waals surface area contributed by atoms with Gasteiger partial charge in [0.15, 0.2) is 0 Å². The number of carbonyl (C=O) groups is 1. The zero-order chi connectivity index (χ0) is 11.8. The van der Waals surface area contributed by atoms with Gasteiger partial charge in [-0.3, -0.25) is 4.79 Å². The lowest BCUT2D eigenvalue weighted by molar-refractivity contribution is 0.108. The molecule has 0 atom stereocenters. The van der Waals surface area contributed by atoms with Gasteiger partial charge in [-0.2, -0.15) is 0 Å². The van der Waals surface area contributed by atoms with Crippen LogP contribution in [0.4, 0.5) is 0 Å². The van der Waals surface area contributed by atoms with Crippen molar-refractivity contribution in [2.75, 3.05) is 12.4 Å². The quantitative estimate of drug-likeness (QED) is 0.575. The number of thioether (sulfide) groups is 1. The van der Waals surface area contributed by atoms with Crippen molar-refractivity contribution >= 4 is 27.1 Å². The zero-order valence-corrected chi connectivity index (χ0v) is 12.7. The molecule has 1 aromatic carbocycles. The molecule has 1 aromatic rings. The predicted octanol–water partition coefficient (Wildman–Crippen LogP) is 2.13. The standard InChI is InChI=1S/C12H18O2SSi/c1-2-14-11-6-3-5-10(9-11)12(13)15-7-4-8-16/h3,5-6,9H,2,4,7-8H2,1,16H3. The SMILES string of the molecule is CCOc1cccc(C(=O)SCCC[SiH3])c1. The Hall–Kier alpha value is -0.743. The fraction of sp³-hybridized carbons (Fsp3) is 0.417. The molecule has 16 heavy (non-hydrogen) atoms. The van der Waals surface area contributed by atoms with Crippen LogP contribution >= 0.6 is 11.8 Å². The van der Waals surface area contributed by atoms with Gasteiger partial charge in [-0.1, -0.05) is 29.9 Å². The largest absolute Gasteiger partial charge is 0.494 e. The third kappa shape index (κ3) is 4.41. The molecule has 0 radical (unpaired) electrons. The van der Waals surface area contributed by atoms with Gasteiger partial charge in [0.25, 0.3) is 0 Å². The Morgan fingerprint density at radius 2 is 2.31 bits per heavy atom. The van der Waals surface area contributed by atoms with Gasteiger partial charge in [-0.25, -0.2) is 0 Å². The maximum absolute atomic E-state index is 11.8. The molecular weight excluding hydrogens is 236 g/mol. The lowest BCUT2D eigenvalue weighted by atomic mass is 10.2. The van der Waals surface area contributed by atoms with Gasteiger partial charge in [0.1, 0.15) is 5.75 Å². The highest BCUT2D eigenvalue weighted by molar-refractivity contribution is 8.14. The van der Waals surface area contributed by atoms with Gasteiger partial charge in [0.05, 0.1) is 6.61 Å². The van der Waals surface area contributed by atoms with E-state index < -0.39 is 0 Å². The summed E-state index contributed by atoms with van der Waals surface area (Å²) in [5.41, 5.74) is 0.740. The molecule has 0 aromatic heterocycles. The predicted molar refractivity (Wildman–Crippen MR) is 73.8 cm³/mol. The topological polar surface area (TPSA) is 26.3 Å². The van der Waals surface area contributed by atoms with Crippen molar-refractivity contribution in [3.63, 3.8) is 0 Å². The number of benzene rings is 1. The minimum atomic E-state index is 0.150. The average molecular weight is 254 g/mol. The lowest BCUT2D eigenvalue weighted by Crippen LogP contribution is -1.97. The van der Waals surface area contributed by atoms with Crippen LogP contribution in [0.25, 0.3) is 0 Å². The second-order valence-corrected chi connectivity index (χ2v) is 5.52. The summed E-state index contributed by atoms with van der Waals surface area (Å²) in [7, 11) is 1.22. The summed E-state index contributed by atoms with van der Waals surface area (Å²) in [6.07, 6.45) is 1.15. The molecule has 0 heterocycles. The Morgan fingerprint density at radius 3 is 3.00 bits per heavy atom. The summed E-state index contributed by atoms with van der Waals surface area (Å²) in [6, 6.07) is 8.67. The first-order valence-electron chi connectivity index (χ1n) is 5.68. The van der Waals surface area contributed by atoms with Crippen molar-refractivity contribution in [3.8, 4) is 5.75 Å². The number of hydrogen-bond donors (Lipinski definition) is 0. The monoisotopic (exact) mass is 254 g/mol. The molecule has 0 N–H and O–H groups in total. The summed E-state index contributed by atoms with van der Waals surface area (Å²) in [5, 5.41) is 0.150. The van der Waals surface area contributed by atoms with E-state index in [0.29, 0.717) is 6.61 Å². The number of hydrogen-bond acceptors (Lipinski definition) is 3. The van der Waals surface area contributed by atoms with Gasteiger partial charge in [-0.05, 0) is 25.5 Å². The molecule has 88 valence electrons. The van der Waals surface area contributed by atoms with Crippen LogP contribution in [-0.4, -0.2) is 27.7 Å². The van der Waals surface area contributed by atoms with E-state index in [-0.39, 0.29) is 5.12 Å². The number of carbonyl (C=O) groups excluding carboxylic acids is 1. The van der Waals surface area contributed by atoms with Crippen LogP contribution in [0.5, 0.6) is 5.75 Å². The highest BCUT2D eigenvalue weighted by atomic mass is 32.2. The summed E-state index contributed by atoms with van der Waals surface area (Å²) < 4.78 is 5.37. The molecule has 0 aliphatic rings. The molecular formula is C12H18O2SSi. The Kier molecular flexibility index (Phi) is 6.26. The van der Waals surface area contributed by atoms with Gasteiger partial charge in [0, 0.05) is 21.6 Å². The van der Waals surface area contributed by atoms with Crippen LogP contribution in [0.1, 0.15) is 23.7 Å². The van der Waals surface area contributed by atoms with Crippen molar-refractivity contribution in [3.05, 3.63) is 29.8 Å².